The zero-order chi connectivity index (χ0) is 13.1. The monoisotopic (exact) mass is 247 g/mol. The lowest BCUT2D eigenvalue weighted by Crippen LogP contribution is -2.43. The predicted octanol–water partition coefficient (Wildman–Crippen LogP) is 1.13. The third-order valence-corrected chi connectivity index (χ3v) is 3.99. The van der Waals surface area contributed by atoms with E-state index < -0.39 is 7.12 Å². The Balaban J connectivity index is 2.10. The van der Waals surface area contributed by atoms with Crippen LogP contribution in [0.4, 0.5) is 0 Å². The van der Waals surface area contributed by atoms with Crippen LogP contribution in [0.5, 0.6) is 0 Å². The topological polar surface area (TPSA) is 43.7 Å². The summed E-state index contributed by atoms with van der Waals surface area (Å²) in [6.45, 7) is 5.45. The smallest absolute Gasteiger partial charge is 0.423 e. The van der Waals surface area contributed by atoms with Crippen molar-refractivity contribution in [2.45, 2.75) is 51.7 Å². The Hall–Kier alpha value is -0.835. The van der Waals surface area contributed by atoms with Gasteiger partial charge in [-0.3, -0.25) is 4.90 Å². The highest BCUT2D eigenvalue weighted by atomic mass is 16.4. The predicted molar refractivity (Wildman–Crippen MR) is 74.6 cm³/mol. The molecule has 2 atom stereocenters. The molecule has 0 saturated carbocycles. The van der Waals surface area contributed by atoms with Gasteiger partial charge in [-0.25, -0.2) is 0 Å². The molecule has 0 bridgehead atoms. The summed E-state index contributed by atoms with van der Waals surface area (Å²) in [5, 5.41) is 18.4. The molecule has 0 aromatic heterocycles. The molecule has 0 aliphatic carbocycles. The average molecular weight is 247 g/mol. The van der Waals surface area contributed by atoms with Crippen molar-refractivity contribution in [3.05, 3.63) is 29.8 Å². The Kier molecular flexibility index (Phi) is 4.43. The number of hydrogen-bond acceptors (Lipinski definition) is 3. The van der Waals surface area contributed by atoms with Gasteiger partial charge >= 0.3 is 7.12 Å². The second kappa shape index (κ2) is 5.87. The average Bonchev–Trinajstić information content (AvgIpc) is 2.34. The Morgan fingerprint density at radius 2 is 1.89 bits per heavy atom. The van der Waals surface area contributed by atoms with Gasteiger partial charge in [0.15, 0.2) is 0 Å². The second-order valence-corrected chi connectivity index (χ2v) is 5.42. The summed E-state index contributed by atoms with van der Waals surface area (Å²) in [5.74, 6) is 0. The van der Waals surface area contributed by atoms with E-state index in [9.17, 15) is 10.0 Å². The summed E-state index contributed by atoms with van der Waals surface area (Å²) in [4.78, 5) is 2.51. The molecule has 98 valence electrons. The quantitative estimate of drug-likeness (QED) is 0.787. The first kappa shape index (κ1) is 13.6. The second-order valence-electron chi connectivity index (χ2n) is 5.42. The van der Waals surface area contributed by atoms with Crippen molar-refractivity contribution in [3.63, 3.8) is 0 Å². The lowest BCUT2D eigenvalue weighted by molar-refractivity contribution is 0.0953. The van der Waals surface area contributed by atoms with Gasteiger partial charge in [-0.2, -0.15) is 0 Å². The molecule has 0 amide bonds. The maximum absolute atomic E-state index is 9.20. The molecule has 1 aromatic rings. The fourth-order valence-electron chi connectivity index (χ4n) is 2.85. The van der Waals surface area contributed by atoms with Crippen LogP contribution in [0.3, 0.4) is 0 Å². The van der Waals surface area contributed by atoms with Gasteiger partial charge in [0.1, 0.15) is 0 Å². The Morgan fingerprint density at radius 3 is 2.50 bits per heavy atom. The lowest BCUT2D eigenvalue weighted by atomic mass is 9.79. The van der Waals surface area contributed by atoms with Crippen molar-refractivity contribution in [1.29, 1.82) is 0 Å². The minimum atomic E-state index is -1.37. The summed E-state index contributed by atoms with van der Waals surface area (Å²) in [5.41, 5.74) is 1.73. The Labute approximate surface area is 110 Å². The first-order valence-electron chi connectivity index (χ1n) is 6.78. The van der Waals surface area contributed by atoms with Crippen LogP contribution in [-0.4, -0.2) is 34.2 Å². The third-order valence-electron chi connectivity index (χ3n) is 3.99. The molecular formula is C14H22BNO2. The van der Waals surface area contributed by atoms with Crippen LogP contribution in [-0.2, 0) is 6.54 Å². The summed E-state index contributed by atoms with van der Waals surface area (Å²) >= 11 is 0. The molecule has 4 heteroatoms. The summed E-state index contributed by atoms with van der Waals surface area (Å²) in [6.07, 6.45) is 3.83. The van der Waals surface area contributed by atoms with Crippen molar-refractivity contribution >= 4 is 12.6 Å². The summed E-state index contributed by atoms with van der Waals surface area (Å²) < 4.78 is 0. The van der Waals surface area contributed by atoms with Gasteiger partial charge < -0.3 is 10.0 Å². The zero-order valence-corrected chi connectivity index (χ0v) is 11.2. The molecule has 1 aliphatic rings. The van der Waals surface area contributed by atoms with Crippen molar-refractivity contribution in [2.75, 3.05) is 0 Å². The molecule has 2 N–H and O–H groups in total. The van der Waals surface area contributed by atoms with Crippen molar-refractivity contribution < 1.29 is 10.0 Å². The lowest BCUT2D eigenvalue weighted by Gasteiger charge is -2.39. The number of benzene rings is 1. The van der Waals surface area contributed by atoms with E-state index in [1.807, 2.05) is 12.1 Å². The number of nitrogens with zero attached hydrogens (tertiary/aromatic N) is 1. The van der Waals surface area contributed by atoms with Gasteiger partial charge in [-0.05, 0) is 37.7 Å². The van der Waals surface area contributed by atoms with Crippen LogP contribution in [0.15, 0.2) is 24.3 Å². The normalized spacial score (nSPS) is 25.1. The summed E-state index contributed by atoms with van der Waals surface area (Å²) in [7, 11) is -1.37. The number of likely N-dealkylation sites (tertiary alicyclic amines) is 1. The van der Waals surface area contributed by atoms with E-state index in [1.165, 1.54) is 19.3 Å². The highest BCUT2D eigenvalue weighted by Crippen LogP contribution is 2.24. The standard InChI is InChI=1S/C14H22BNO2/c1-11-5-3-6-12(2)16(11)10-13-7-4-8-14(9-13)15(17)18/h4,7-9,11-12,17-18H,3,5-6,10H2,1-2H3. The molecule has 0 radical (unpaired) electrons. The van der Waals surface area contributed by atoms with E-state index in [4.69, 9.17) is 0 Å². The van der Waals surface area contributed by atoms with Gasteiger partial charge in [0, 0.05) is 18.6 Å². The molecule has 1 heterocycles. The maximum atomic E-state index is 9.20. The van der Waals surface area contributed by atoms with E-state index in [0.717, 1.165) is 12.1 Å². The van der Waals surface area contributed by atoms with Crippen molar-refractivity contribution in [1.82, 2.24) is 4.90 Å². The molecule has 1 fully saturated rings. The van der Waals surface area contributed by atoms with E-state index in [2.05, 4.69) is 24.8 Å². The van der Waals surface area contributed by atoms with Crippen molar-refractivity contribution in [2.24, 2.45) is 0 Å². The minimum absolute atomic E-state index is 0.574. The SMILES string of the molecule is CC1CCCC(C)N1Cc1cccc(B(O)O)c1. The fourth-order valence-corrected chi connectivity index (χ4v) is 2.85. The first-order valence-corrected chi connectivity index (χ1v) is 6.78. The molecule has 2 unspecified atom stereocenters. The van der Waals surface area contributed by atoms with E-state index in [0.29, 0.717) is 17.5 Å². The Bertz CT molecular complexity index is 387. The molecular weight excluding hydrogens is 225 g/mol. The van der Waals surface area contributed by atoms with Crippen LogP contribution in [0, 0.1) is 0 Å². The van der Waals surface area contributed by atoms with E-state index in [1.54, 1.807) is 6.07 Å². The summed E-state index contributed by atoms with van der Waals surface area (Å²) in [6, 6.07) is 8.80. The van der Waals surface area contributed by atoms with Gasteiger partial charge in [-0.15, -0.1) is 0 Å². The number of piperidine rings is 1. The fraction of sp³-hybridized carbons (Fsp3) is 0.571. The molecule has 0 spiro atoms. The molecule has 3 nitrogen and oxygen atoms in total. The Morgan fingerprint density at radius 1 is 1.22 bits per heavy atom. The van der Waals surface area contributed by atoms with Crippen LogP contribution in [0.1, 0.15) is 38.7 Å². The van der Waals surface area contributed by atoms with Gasteiger partial charge in [0.05, 0.1) is 0 Å². The van der Waals surface area contributed by atoms with Crippen LogP contribution >= 0.6 is 0 Å². The molecule has 1 aromatic carbocycles. The van der Waals surface area contributed by atoms with E-state index >= 15 is 0 Å². The molecule has 1 aliphatic heterocycles. The largest absolute Gasteiger partial charge is 0.488 e. The van der Waals surface area contributed by atoms with Crippen LogP contribution in [0.25, 0.3) is 0 Å². The zero-order valence-electron chi connectivity index (χ0n) is 11.2. The van der Waals surface area contributed by atoms with Crippen LogP contribution in [0.2, 0.25) is 0 Å². The van der Waals surface area contributed by atoms with Gasteiger partial charge in [-0.1, -0.05) is 30.7 Å². The molecule has 18 heavy (non-hydrogen) atoms. The van der Waals surface area contributed by atoms with Crippen molar-refractivity contribution in [3.8, 4) is 0 Å². The maximum Gasteiger partial charge on any atom is 0.488 e. The molecule has 2 rings (SSSR count). The van der Waals surface area contributed by atoms with E-state index in [-0.39, 0.29) is 0 Å². The highest BCUT2D eigenvalue weighted by Gasteiger charge is 2.24. The number of hydrogen-bond donors (Lipinski definition) is 2. The van der Waals surface area contributed by atoms with Crippen LogP contribution < -0.4 is 5.46 Å². The third kappa shape index (κ3) is 3.13. The van der Waals surface area contributed by atoms with Gasteiger partial charge in [0.25, 0.3) is 0 Å². The number of rotatable bonds is 3. The van der Waals surface area contributed by atoms with Gasteiger partial charge in [0.2, 0.25) is 0 Å². The first-order chi connectivity index (χ1) is 8.58. The molecule has 1 saturated heterocycles. The highest BCUT2D eigenvalue weighted by molar-refractivity contribution is 6.58. The minimum Gasteiger partial charge on any atom is -0.423 e.